The van der Waals surface area contributed by atoms with Gasteiger partial charge in [0.25, 0.3) is 5.91 Å². The maximum Gasteiger partial charge on any atom is 0.337 e. The fraction of sp³-hybridized carbons (Fsp3) is 0.400. The molecule has 0 bridgehead atoms. The van der Waals surface area contributed by atoms with Crippen LogP contribution in [0, 0.1) is 0 Å². The first kappa shape index (κ1) is 24.0. The molecule has 4 rings (SSSR count). The van der Waals surface area contributed by atoms with E-state index in [9.17, 15) is 19.5 Å². The molecule has 2 heterocycles. The van der Waals surface area contributed by atoms with Gasteiger partial charge in [0.15, 0.2) is 0 Å². The summed E-state index contributed by atoms with van der Waals surface area (Å²) in [6.45, 7) is 2.77. The lowest BCUT2D eigenvalue weighted by Crippen LogP contribution is -2.63. The summed E-state index contributed by atoms with van der Waals surface area (Å²) in [5.41, 5.74) is 6.61. The Labute approximate surface area is 203 Å². The number of halogens is 1. The molecule has 180 valence electrons. The first-order valence-electron chi connectivity index (χ1n) is 11.5. The molecular formula is C25H29ClN4O4. The van der Waals surface area contributed by atoms with Crippen LogP contribution in [0.1, 0.15) is 52.8 Å². The monoisotopic (exact) mass is 484 g/mol. The van der Waals surface area contributed by atoms with Gasteiger partial charge in [-0.3, -0.25) is 14.5 Å². The van der Waals surface area contributed by atoms with Gasteiger partial charge in [-0.1, -0.05) is 24.1 Å². The zero-order valence-electron chi connectivity index (χ0n) is 18.9. The molecule has 9 heteroatoms. The predicted molar refractivity (Wildman–Crippen MR) is 132 cm³/mol. The molecule has 0 aromatic heterocycles. The molecule has 2 aromatic rings. The smallest absolute Gasteiger partial charge is 0.337 e. The van der Waals surface area contributed by atoms with Crippen LogP contribution < -0.4 is 16.0 Å². The molecule has 2 aromatic carbocycles. The lowest BCUT2D eigenvalue weighted by atomic mass is 9.83. The average molecular weight is 485 g/mol. The first-order chi connectivity index (χ1) is 16.3. The number of primary amides is 1. The van der Waals surface area contributed by atoms with Crippen LogP contribution in [0.4, 0.5) is 11.4 Å². The summed E-state index contributed by atoms with van der Waals surface area (Å²) in [7, 11) is 0. The average Bonchev–Trinajstić information content (AvgIpc) is 2.84. The van der Waals surface area contributed by atoms with Crippen molar-refractivity contribution in [2.24, 2.45) is 5.73 Å². The van der Waals surface area contributed by atoms with Crippen molar-refractivity contribution in [1.29, 1.82) is 0 Å². The van der Waals surface area contributed by atoms with Crippen LogP contribution in [0.15, 0.2) is 42.5 Å². The van der Waals surface area contributed by atoms with Crippen LogP contribution in [-0.4, -0.2) is 59.5 Å². The summed E-state index contributed by atoms with van der Waals surface area (Å²) < 4.78 is 0. The van der Waals surface area contributed by atoms with Gasteiger partial charge in [-0.2, -0.15) is 0 Å². The Hall–Kier alpha value is -3.10. The number of carboxylic acid groups (broad SMARTS) is 1. The molecule has 2 amide bonds. The highest BCUT2D eigenvalue weighted by Crippen LogP contribution is 2.35. The minimum Gasteiger partial charge on any atom is -0.478 e. The van der Waals surface area contributed by atoms with Crippen molar-refractivity contribution in [3.63, 3.8) is 0 Å². The number of piperidine rings is 2. The van der Waals surface area contributed by atoms with Gasteiger partial charge in [0, 0.05) is 29.4 Å². The van der Waals surface area contributed by atoms with E-state index >= 15 is 0 Å². The summed E-state index contributed by atoms with van der Waals surface area (Å²) in [5.74, 6) is -1.76. The van der Waals surface area contributed by atoms with Gasteiger partial charge in [0.1, 0.15) is 5.54 Å². The second-order valence-corrected chi connectivity index (χ2v) is 9.37. The van der Waals surface area contributed by atoms with Crippen LogP contribution >= 0.6 is 11.6 Å². The molecule has 8 nitrogen and oxygen atoms in total. The summed E-state index contributed by atoms with van der Waals surface area (Å²) in [5, 5.41) is 13.0. The number of hydrogen-bond donors (Lipinski definition) is 3. The van der Waals surface area contributed by atoms with Crippen molar-refractivity contribution < 1.29 is 19.5 Å². The highest BCUT2D eigenvalue weighted by Gasteiger charge is 2.45. The van der Waals surface area contributed by atoms with Gasteiger partial charge in [-0.25, -0.2) is 4.79 Å². The fourth-order valence-electron chi connectivity index (χ4n) is 5.05. The first-order valence-corrected chi connectivity index (χ1v) is 11.9. The van der Waals surface area contributed by atoms with Gasteiger partial charge in [-0.15, -0.1) is 0 Å². The number of rotatable bonds is 6. The fourth-order valence-corrected chi connectivity index (χ4v) is 5.24. The number of nitrogens with zero attached hydrogens (tertiary/aromatic N) is 2. The number of carbonyl (C=O) groups excluding carboxylic acids is 2. The van der Waals surface area contributed by atoms with E-state index in [1.54, 1.807) is 36.4 Å². The Kier molecular flexibility index (Phi) is 7.09. The van der Waals surface area contributed by atoms with Crippen LogP contribution in [0.5, 0.6) is 0 Å². The maximum atomic E-state index is 12.5. The van der Waals surface area contributed by atoms with E-state index in [1.165, 1.54) is 12.5 Å². The van der Waals surface area contributed by atoms with E-state index in [4.69, 9.17) is 17.3 Å². The van der Waals surface area contributed by atoms with E-state index < -0.39 is 11.5 Å². The summed E-state index contributed by atoms with van der Waals surface area (Å²) in [6, 6.07) is 11.4. The van der Waals surface area contributed by atoms with Gasteiger partial charge in [0.2, 0.25) is 5.91 Å². The third-order valence-electron chi connectivity index (χ3n) is 6.92. The number of likely N-dealkylation sites (tertiary alicyclic amines) is 1. The second-order valence-electron chi connectivity index (χ2n) is 8.93. The van der Waals surface area contributed by atoms with Crippen LogP contribution in [0.2, 0.25) is 5.02 Å². The number of aromatic carboxylic acids is 1. The number of amides is 2. The van der Waals surface area contributed by atoms with Crippen LogP contribution in [0.3, 0.4) is 0 Å². The molecule has 4 N–H and O–H groups in total. The van der Waals surface area contributed by atoms with E-state index in [1.807, 2.05) is 4.90 Å². The summed E-state index contributed by atoms with van der Waals surface area (Å²) in [6.07, 6.45) is 4.39. The molecule has 0 spiro atoms. The van der Waals surface area contributed by atoms with E-state index in [-0.39, 0.29) is 17.4 Å². The predicted octanol–water partition coefficient (Wildman–Crippen LogP) is 3.60. The zero-order chi connectivity index (χ0) is 24.3. The quantitative estimate of drug-likeness (QED) is 0.577. The summed E-state index contributed by atoms with van der Waals surface area (Å²) >= 11 is 5.96. The van der Waals surface area contributed by atoms with Crippen molar-refractivity contribution in [1.82, 2.24) is 4.90 Å². The van der Waals surface area contributed by atoms with Crippen LogP contribution in [0.25, 0.3) is 0 Å². The standard InChI is InChI=1S/C25H29ClN4O4/c26-18-6-4-5-17(15-18)22(31)28-19-7-8-21(20(16-19)23(32)33)29-13-9-25(10-14-29,24(27)34)30-11-2-1-3-12-30/h4-8,15-16H,1-3,9-14H2,(H2,27,34)(H,28,31)(H,32,33). The maximum absolute atomic E-state index is 12.5. The lowest BCUT2D eigenvalue weighted by molar-refractivity contribution is -0.132. The second kappa shape index (κ2) is 10.0. The molecule has 2 fully saturated rings. The number of hydrogen-bond acceptors (Lipinski definition) is 5. The molecule has 2 aliphatic heterocycles. The molecule has 2 aliphatic rings. The molecule has 2 saturated heterocycles. The van der Waals surface area contributed by atoms with E-state index in [2.05, 4.69) is 10.2 Å². The number of carbonyl (C=O) groups is 3. The zero-order valence-corrected chi connectivity index (χ0v) is 19.7. The number of benzene rings is 2. The molecule has 0 aliphatic carbocycles. The Bertz CT molecular complexity index is 1090. The normalized spacial score (nSPS) is 18.3. The molecule has 0 radical (unpaired) electrons. The van der Waals surface area contributed by atoms with E-state index in [0.29, 0.717) is 47.9 Å². The minimum absolute atomic E-state index is 0.0911. The highest BCUT2D eigenvalue weighted by atomic mass is 35.5. The van der Waals surface area contributed by atoms with Gasteiger partial charge in [0.05, 0.1) is 11.3 Å². The molecular weight excluding hydrogens is 456 g/mol. The third-order valence-corrected chi connectivity index (χ3v) is 7.16. The van der Waals surface area contributed by atoms with E-state index in [0.717, 1.165) is 25.9 Å². The van der Waals surface area contributed by atoms with Crippen molar-refractivity contribution in [3.8, 4) is 0 Å². The Balaban J connectivity index is 1.51. The van der Waals surface area contributed by atoms with Gasteiger partial charge >= 0.3 is 5.97 Å². The number of nitrogens with one attached hydrogen (secondary N) is 1. The summed E-state index contributed by atoms with van der Waals surface area (Å²) in [4.78, 5) is 41.3. The van der Waals surface area contributed by atoms with Crippen LogP contribution in [-0.2, 0) is 4.79 Å². The molecule has 0 atom stereocenters. The SMILES string of the molecule is NC(=O)C1(N2CCCCC2)CCN(c2ccc(NC(=O)c3cccc(Cl)c3)cc2C(=O)O)CC1. The van der Waals surface area contributed by atoms with Crippen molar-refractivity contribution in [2.45, 2.75) is 37.6 Å². The number of carboxylic acids is 1. The number of nitrogens with two attached hydrogens (primary N) is 1. The minimum atomic E-state index is -1.09. The van der Waals surface area contributed by atoms with Crippen molar-refractivity contribution in [2.75, 3.05) is 36.4 Å². The topological polar surface area (TPSA) is 116 Å². The Morgan fingerprint density at radius 1 is 0.971 bits per heavy atom. The third kappa shape index (κ3) is 4.88. The van der Waals surface area contributed by atoms with Gasteiger partial charge in [-0.05, 0) is 75.2 Å². The number of anilines is 2. The van der Waals surface area contributed by atoms with Crippen molar-refractivity contribution in [3.05, 3.63) is 58.6 Å². The Morgan fingerprint density at radius 2 is 1.68 bits per heavy atom. The van der Waals surface area contributed by atoms with Gasteiger partial charge < -0.3 is 21.1 Å². The Morgan fingerprint density at radius 3 is 2.29 bits per heavy atom. The highest BCUT2D eigenvalue weighted by molar-refractivity contribution is 6.31. The molecule has 0 saturated carbocycles. The molecule has 34 heavy (non-hydrogen) atoms. The lowest BCUT2D eigenvalue weighted by Gasteiger charge is -2.48. The largest absolute Gasteiger partial charge is 0.478 e. The van der Waals surface area contributed by atoms with Crippen molar-refractivity contribution >= 4 is 40.8 Å². The molecule has 0 unspecified atom stereocenters.